The molecule has 12 heavy (non-hydrogen) atoms. The first-order chi connectivity index (χ1) is 5.61. The molecule has 0 aromatic heterocycles. The van der Waals surface area contributed by atoms with Crippen LogP contribution in [-0.2, 0) is 4.79 Å². The highest BCUT2D eigenvalue weighted by atomic mass is 16.3. The van der Waals surface area contributed by atoms with Crippen molar-refractivity contribution in [3.05, 3.63) is 0 Å². The standard InChI is InChI=1S/C8H16N2O2/c1-5(9)8(12)10-6-3-2-4-7(6)11/h5-7,11H,2-4,9H2,1H3,(H,10,12). The van der Waals surface area contributed by atoms with Crippen LogP contribution in [0, 0.1) is 0 Å². The molecule has 0 aromatic rings. The summed E-state index contributed by atoms with van der Waals surface area (Å²) in [6.45, 7) is 1.64. The van der Waals surface area contributed by atoms with E-state index in [0.29, 0.717) is 0 Å². The number of nitrogens with one attached hydrogen (secondary N) is 1. The maximum Gasteiger partial charge on any atom is 0.236 e. The Balaban J connectivity index is 2.35. The van der Waals surface area contributed by atoms with Gasteiger partial charge in [-0.15, -0.1) is 0 Å². The molecule has 0 radical (unpaired) electrons. The predicted octanol–water partition coefficient (Wildman–Crippen LogP) is -0.637. The van der Waals surface area contributed by atoms with Gasteiger partial charge in [-0.1, -0.05) is 0 Å². The van der Waals surface area contributed by atoms with Gasteiger partial charge < -0.3 is 16.2 Å². The van der Waals surface area contributed by atoms with Gasteiger partial charge in [0.1, 0.15) is 0 Å². The molecule has 70 valence electrons. The lowest BCUT2D eigenvalue weighted by Gasteiger charge is -2.17. The van der Waals surface area contributed by atoms with E-state index in [1.807, 2.05) is 0 Å². The number of carbonyl (C=O) groups excluding carboxylic acids is 1. The quantitative estimate of drug-likeness (QED) is 0.519. The van der Waals surface area contributed by atoms with Crippen LogP contribution in [0.2, 0.25) is 0 Å². The van der Waals surface area contributed by atoms with Gasteiger partial charge in [-0.2, -0.15) is 0 Å². The average molecular weight is 172 g/mol. The second-order valence-electron chi connectivity index (χ2n) is 3.40. The summed E-state index contributed by atoms with van der Waals surface area (Å²) in [6.07, 6.45) is 2.24. The summed E-state index contributed by atoms with van der Waals surface area (Å²) in [5.41, 5.74) is 5.37. The fourth-order valence-corrected chi connectivity index (χ4v) is 1.42. The van der Waals surface area contributed by atoms with Crippen LogP contribution in [0.4, 0.5) is 0 Å². The van der Waals surface area contributed by atoms with E-state index in [1.54, 1.807) is 6.92 Å². The van der Waals surface area contributed by atoms with Gasteiger partial charge in [0.05, 0.1) is 18.2 Å². The number of hydrogen-bond donors (Lipinski definition) is 3. The first-order valence-corrected chi connectivity index (χ1v) is 4.35. The normalized spacial score (nSPS) is 31.6. The Hall–Kier alpha value is -0.610. The Kier molecular flexibility index (Phi) is 3.05. The Morgan fingerprint density at radius 3 is 2.75 bits per heavy atom. The van der Waals surface area contributed by atoms with E-state index in [-0.39, 0.29) is 18.1 Å². The monoisotopic (exact) mass is 172 g/mol. The van der Waals surface area contributed by atoms with Crippen molar-refractivity contribution >= 4 is 5.91 Å². The van der Waals surface area contributed by atoms with Gasteiger partial charge in [0.2, 0.25) is 5.91 Å². The summed E-state index contributed by atoms with van der Waals surface area (Å²) in [5, 5.41) is 12.1. The number of carbonyl (C=O) groups is 1. The number of aliphatic hydroxyl groups is 1. The Morgan fingerprint density at radius 1 is 1.67 bits per heavy atom. The predicted molar refractivity (Wildman–Crippen MR) is 45.4 cm³/mol. The van der Waals surface area contributed by atoms with Gasteiger partial charge in [-0.25, -0.2) is 0 Å². The third-order valence-corrected chi connectivity index (χ3v) is 2.22. The Bertz CT molecular complexity index is 170. The molecule has 4 heteroatoms. The largest absolute Gasteiger partial charge is 0.391 e. The summed E-state index contributed by atoms with van der Waals surface area (Å²) in [4.78, 5) is 11.1. The minimum Gasteiger partial charge on any atom is -0.391 e. The highest BCUT2D eigenvalue weighted by Gasteiger charge is 2.26. The van der Waals surface area contributed by atoms with Crippen molar-refractivity contribution in [3.8, 4) is 0 Å². The average Bonchev–Trinajstić information content (AvgIpc) is 2.36. The first kappa shape index (κ1) is 9.48. The SMILES string of the molecule is CC(N)C(=O)NC1CCCC1O. The van der Waals surface area contributed by atoms with E-state index in [4.69, 9.17) is 5.73 Å². The minimum atomic E-state index is -0.488. The van der Waals surface area contributed by atoms with Crippen LogP contribution in [0.25, 0.3) is 0 Å². The van der Waals surface area contributed by atoms with Gasteiger partial charge in [-0.05, 0) is 26.2 Å². The molecule has 0 aromatic carbocycles. The topological polar surface area (TPSA) is 75.4 Å². The van der Waals surface area contributed by atoms with E-state index in [0.717, 1.165) is 19.3 Å². The first-order valence-electron chi connectivity index (χ1n) is 4.35. The van der Waals surface area contributed by atoms with Crippen LogP contribution in [0.3, 0.4) is 0 Å². The molecule has 0 spiro atoms. The second-order valence-corrected chi connectivity index (χ2v) is 3.40. The smallest absolute Gasteiger partial charge is 0.236 e. The molecule has 1 saturated carbocycles. The summed E-state index contributed by atoms with van der Waals surface area (Å²) in [6, 6.07) is -0.568. The lowest BCUT2D eigenvalue weighted by Crippen LogP contribution is -2.46. The number of aliphatic hydroxyl groups excluding tert-OH is 1. The lowest BCUT2D eigenvalue weighted by atomic mass is 10.2. The van der Waals surface area contributed by atoms with Crippen molar-refractivity contribution in [3.63, 3.8) is 0 Å². The molecule has 0 saturated heterocycles. The van der Waals surface area contributed by atoms with Gasteiger partial charge in [0, 0.05) is 0 Å². The summed E-state index contributed by atoms with van der Waals surface area (Å²) < 4.78 is 0. The zero-order chi connectivity index (χ0) is 9.14. The molecule has 0 aliphatic heterocycles. The molecular formula is C8H16N2O2. The van der Waals surface area contributed by atoms with Crippen molar-refractivity contribution in [1.82, 2.24) is 5.32 Å². The van der Waals surface area contributed by atoms with E-state index in [9.17, 15) is 9.90 Å². The van der Waals surface area contributed by atoms with Gasteiger partial charge in [0.25, 0.3) is 0 Å². The van der Waals surface area contributed by atoms with Gasteiger partial charge >= 0.3 is 0 Å². The third-order valence-electron chi connectivity index (χ3n) is 2.22. The summed E-state index contributed by atoms with van der Waals surface area (Å²) in [7, 11) is 0. The molecule has 3 unspecified atom stereocenters. The minimum absolute atomic E-state index is 0.0801. The molecule has 0 bridgehead atoms. The van der Waals surface area contributed by atoms with Crippen LogP contribution in [0.15, 0.2) is 0 Å². The fraction of sp³-hybridized carbons (Fsp3) is 0.875. The summed E-state index contributed by atoms with van der Waals surface area (Å²) >= 11 is 0. The number of rotatable bonds is 2. The van der Waals surface area contributed by atoms with Crippen LogP contribution < -0.4 is 11.1 Å². The lowest BCUT2D eigenvalue weighted by molar-refractivity contribution is -0.123. The molecule has 4 N–H and O–H groups in total. The van der Waals surface area contributed by atoms with Crippen LogP contribution in [-0.4, -0.2) is 29.2 Å². The molecule has 1 fully saturated rings. The fourth-order valence-electron chi connectivity index (χ4n) is 1.42. The van der Waals surface area contributed by atoms with E-state index in [1.165, 1.54) is 0 Å². The zero-order valence-corrected chi connectivity index (χ0v) is 7.29. The van der Waals surface area contributed by atoms with Crippen molar-refractivity contribution in [2.45, 2.75) is 44.4 Å². The third kappa shape index (κ3) is 2.19. The van der Waals surface area contributed by atoms with Crippen LogP contribution >= 0.6 is 0 Å². The van der Waals surface area contributed by atoms with Crippen molar-refractivity contribution in [1.29, 1.82) is 0 Å². The Morgan fingerprint density at radius 2 is 2.33 bits per heavy atom. The maximum absolute atomic E-state index is 11.1. The van der Waals surface area contributed by atoms with Crippen LogP contribution in [0.1, 0.15) is 26.2 Å². The molecule has 4 nitrogen and oxygen atoms in total. The second kappa shape index (κ2) is 3.87. The molecule has 1 amide bonds. The van der Waals surface area contributed by atoms with Crippen molar-refractivity contribution in [2.75, 3.05) is 0 Å². The summed E-state index contributed by atoms with van der Waals surface area (Å²) in [5.74, 6) is -0.180. The molecule has 0 heterocycles. The van der Waals surface area contributed by atoms with Gasteiger partial charge in [-0.3, -0.25) is 4.79 Å². The van der Waals surface area contributed by atoms with E-state index in [2.05, 4.69) is 5.32 Å². The van der Waals surface area contributed by atoms with Crippen LogP contribution in [0.5, 0.6) is 0 Å². The number of hydrogen-bond acceptors (Lipinski definition) is 3. The van der Waals surface area contributed by atoms with E-state index >= 15 is 0 Å². The van der Waals surface area contributed by atoms with Crippen molar-refractivity contribution in [2.24, 2.45) is 5.73 Å². The molecule has 1 rings (SSSR count). The number of amides is 1. The molecule has 3 atom stereocenters. The molecule has 1 aliphatic rings. The van der Waals surface area contributed by atoms with Crippen molar-refractivity contribution < 1.29 is 9.90 Å². The zero-order valence-electron chi connectivity index (χ0n) is 7.29. The van der Waals surface area contributed by atoms with E-state index < -0.39 is 6.04 Å². The highest BCUT2D eigenvalue weighted by Crippen LogP contribution is 2.18. The molecule has 1 aliphatic carbocycles. The number of nitrogens with two attached hydrogens (primary N) is 1. The Labute approximate surface area is 72.1 Å². The van der Waals surface area contributed by atoms with Gasteiger partial charge in [0.15, 0.2) is 0 Å². The maximum atomic E-state index is 11.1. The molecular weight excluding hydrogens is 156 g/mol. The highest BCUT2D eigenvalue weighted by molar-refractivity contribution is 5.81.